The van der Waals surface area contributed by atoms with Crippen LogP contribution in [0, 0.1) is 5.92 Å². The van der Waals surface area contributed by atoms with Gasteiger partial charge in [0, 0.05) is 13.7 Å². The molecular formula is C12H25N3O2. The number of piperidine rings is 1. The van der Waals surface area contributed by atoms with E-state index < -0.39 is 0 Å². The first-order chi connectivity index (χ1) is 8.22. The second kappa shape index (κ2) is 7.63. The normalized spacial score (nSPS) is 23.4. The van der Waals surface area contributed by atoms with Gasteiger partial charge < -0.3 is 4.74 Å². The molecule has 1 aliphatic heterocycles. The summed E-state index contributed by atoms with van der Waals surface area (Å²) in [5.41, 5.74) is 2.28. The highest BCUT2D eigenvalue weighted by Gasteiger charge is 2.29. The van der Waals surface area contributed by atoms with Crippen molar-refractivity contribution in [1.82, 2.24) is 10.3 Å². The molecule has 0 spiro atoms. The minimum absolute atomic E-state index is 0.0649. The van der Waals surface area contributed by atoms with E-state index in [1.807, 2.05) is 0 Å². The van der Waals surface area contributed by atoms with Crippen LogP contribution in [0.5, 0.6) is 0 Å². The number of nitrogens with one attached hydrogen (secondary N) is 1. The molecule has 100 valence electrons. The smallest absolute Gasteiger partial charge is 0.251 e. The Morgan fingerprint density at radius 3 is 3.00 bits per heavy atom. The largest absolute Gasteiger partial charge is 0.384 e. The van der Waals surface area contributed by atoms with Crippen LogP contribution in [0.4, 0.5) is 0 Å². The summed E-state index contributed by atoms with van der Waals surface area (Å²) >= 11 is 0. The van der Waals surface area contributed by atoms with Gasteiger partial charge in [0.15, 0.2) is 0 Å². The maximum atomic E-state index is 11.8. The lowest BCUT2D eigenvalue weighted by atomic mass is 9.96. The van der Waals surface area contributed by atoms with E-state index >= 15 is 0 Å². The van der Waals surface area contributed by atoms with Crippen molar-refractivity contribution in [3.63, 3.8) is 0 Å². The van der Waals surface area contributed by atoms with Crippen LogP contribution in [0.15, 0.2) is 0 Å². The van der Waals surface area contributed by atoms with E-state index in [0.717, 1.165) is 39.0 Å². The molecule has 0 bridgehead atoms. The summed E-state index contributed by atoms with van der Waals surface area (Å²) in [6.45, 7) is 4.79. The highest BCUT2D eigenvalue weighted by molar-refractivity contribution is 5.81. The predicted molar refractivity (Wildman–Crippen MR) is 67.2 cm³/mol. The molecule has 1 saturated heterocycles. The van der Waals surface area contributed by atoms with Crippen LogP contribution < -0.4 is 11.3 Å². The topological polar surface area (TPSA) is 67.6 Å². The Bertz CT molecular complexity index is 234. The quantitative estimate of drug-likeness (QED) is 0.405. The van der Waals surface area contributed by atoms with E-state index in [0.29, 0.717) is 5.92 Å². The molecule has 2 unspecified atom stereocenters. The predicted octanol–water partition coefficient (Wildman–Crippen LogP) is 0.503. The lowest BCUT2D eigenvalue weighted by Crippen LogP contribution is -2.52. The summed E-state index contributed by atoms with van der Waals surface area (Å²) in [7, 11) is 1.73. The summed E-state index contributed by atoms with van der Waals surface area (Å²) in [5.74, 6) is 5.73. The highest BCUT2D eigenvalue weighted by atomic mass is 16.5. The van der Waals surface area contributed by atoms with Crippen molar-refractivity contribution in [2.45, 2.75) is 38.6 Å². The van der Waals surface area contributed by atoms with Crippen LogP contribution in [-0.4, -0.2) is 43.7 Å². The first-order valence-corrected chi connectivity index (χ1v) is 6.46. The van der Waals surface area contributed by atoms with Gasteiger partial charge in [-0.05, 0) is 31.7 Å². The van der Waals surface area contributed by atoms with Gasteiger partial charge in [-0.15, -0.1) is 0 Å². The average molecular weight is 243 g/mol. The number of hydrazine groups is 1. The van der Waals surface area contributed by atoms with Gasteiger partial charge in [0.05, 0.1) is 12.6 Å². The van der Waals surface area contributed by atoms with E-state index in [-0.39, 0.29) is 11.9 Å². The molecule has 1 aliphatic rings. The van der Waals surface area contributed by atoms with Crippen molar-refractivity contribution in [1.29, 1.82) is 0 Å². The van der Waals surface area contributed by atoms with Gasteiger partial charge in [-0.1, -0.05) is 13.3 Å². The van der Waals surface area contributed by atoms with E-state index in [2.05, 4.69) is 17.2 Å². The number of methoxy groups -OCH3 is 1. The fourth-order valence-corrected chi connectivity index (χ4v) is 2.60. The molecule has 1 amide bonds. The minimum atomic E-state index is -0.0790. The maximum absolute atomic E-state index is 11.8. The monoisotopic (exact) mass is 243 g/mol. The Morgan fingerprint density at radius 2 is 2.41 bits per heavy atom. The summed E-state index contributed by atoms with van der Waals surface area (Å²) in [6, 6.07) is -0.0790. The van der Waals surface area contributed by atoms with Crippen LogP contribution in [0.3, 0.4) is 0 Å². The SMILES string of the molecule is CCCC(C(=O)NN)N1CCCC(COC)C1. The third-order valence-corrected chi connectivity index (χ3v) is 3.40. The van der Waals surface area contributed by atoms with Crippen molar-refractivity contribution in [3.05, 3.63) is 0 Å². The second-order valence-corrected chi connectivity index (χ2v) is 4.77. The van der Waals surface area contributed by atoms with Crippen molar-refractivity contribution in [2.75, 3.05) is 26.8 Å². The Kier molecular flexibility index (Phi) is 6.47. The van der Waals surface area contributed by atoms with Gasteiger partial charge in [-0.2, -0.15) is 0 Å². The molecule has 5 heteroatoms. The number of likely N-dealkylation sites (tertiary alicyclic amines) is 1. The van der Waals surface area contributed by atoms with Crippen molar-refractivity contribution < 1.29 is 9.53 Å². The van der Waals surface area contributed by atoms with Gasteiger partial charge in [0.25, 0.3) is 5.91 Å². The molecule has 1 heterocycles. The van der Waals surface area contributed by atoms with E-state index in [9.17, 15) is 4.79 Å². The van der Waals surface area contributed by atoms with Crippen molar-refractivity contribution >= 4 is 5.91 Å². The maximum Gasteiger partial charge on any atom is 0.251 e. The van der Waals surface area contributed by atoms with E-state index in [1.54, 1.807) is 7.11 Å². The Labute approximate surface area is 104 Å². The van der Waals surface area contributed by atoms with Crippen LogP contribution in [0.2, 0.25) is 0 Å². The number of nitrogens with two attached hydrogens (primary N) is 1. The number of rotatable bonds is 6. The van der Waals surface area contributed by atoms with E-state index in [1.165, 1.54) is 6.42 Å². The molecule has 0 aliphatic carbocycles. The summed E-state index contributed by atoms with van der Waals surface area (Å²) < 4.78 is 5.20. The molecule has 1 rings (SSSR count). The lowest BCUT2D eigenvalue weighted by molar-refractivity contribution is -0.127. The number of nitrogens with zero attached hydrogens (tertiary/aromatic N) is 1. The Hall–Kier alpha value is -0.650. The average Bonchev–Trinajstić information content (AvgIpc) is 2.36. The lowest BCUT2D eigenvalue weighted by Gasteiger charge is -2.37. The fraction of sp³-hybridized carbons (Fsp3) is 0.917. The third-order valence-electron chi connectivity index (χ3n) is 3.40. The molecule has 0 aromatic carbocycles. The zero-order valence-electron chi connectivity index (χ0n) is 10.9. The van der Waals surface area contributed by atoms with Crippen LogP contribution in [-0.2, 0) is 9.53 Å². The van der Waals surface area contributed by atoms with Gasteiger partial charge in [-0.3, -0.25) is 15.1 Å². The standard InChI is InChI=1S/C12H25N3O2/c1-3-5-11(12(16)14-13)15-7-4-6-10(8-15)9-17-2/h10-11H,3-9,13H2,1-2H3,(H,14,16). The third kappa shape index (κ3) is 4.26. The Balaban J connectivity index is 2.56. The molecule has 5 nitrogen and oxygen atoms in total. The molecule has 0 radical (unpaired) electrons. The highest BCUT2D eigenvalue weighted by Crippen LogP contribution is 2.20. The molecule has 2 atom stereocenters. The molecule has 0 aromatic rings. The number of hydrogen-bond donors (Lipinski definition) is 2. The molecule has 1 fully saturated rings. The fourth-order valence-electron chi connectivity index (χ4n) is 2.60. The first kappa shape index (κ1) is 14.4. The number of carbonyl (C=O) groups excluding carboxylic acids is 1. The number of hydrogen-bond acceptors (Lipinski definition) is 4. The van der Waals surface area contributed by atoms with Gasteiger partial charge in [0.2, 0.25) is 0 Å². The van der Waals surface area contributed by atoms with Crippen molar-refractivity contribution in [3.8, 4) is 0 Å². The summed E-state index contributed by atoms with van der Waals surface area (Å²) in [4.78, 5) is 14.0. The molecule has 0 saturated carbocycles. The zero-order chi connectivity index (χ0) is 12.7. The van der Waals surface area contributed by atoms with Crippen LogP contribution in [0.25, 0.3) is 0 Å². The molecule has 0 aromatic heterocycles. The van der Waals surface area contributed by atoms with Gasteiger partial charge in [0.1, 0.15) is 0 Å². The number of carbonyl (C=O) groups is 1. The van der Waals surface area contributed by atoms with Crippen LogP contribution in [0.1, 0.15) is 32.6 Å². The summed E-state index contributed by atoms with van der Waals surface area (Å²) in [5, 5.41) is 0. The van der Waals surface area contributed by atoms with Gasteiger partial charge in [-0.25, -0.2) is 5.84 Å². The number of amides is 1. The molecular weight excluding hydrogens is 218 g/mol. The van der Waals surface area contributed by atoms with Crippen LogP contribution >= 0.6 is 0 Å². The Morgan fingerprint density at radius 1 is 1.65 bits per heavy atom. The summed E-state index contributed by atoms with van der Waals surface area (Å²) in [6.07, 6.45) is 4.17. The second-order valence-electron chi connectivity index (χ2n) is 4.77. The van der Waals surface area contributed by atoms with Gasteiger partial charge >= 0.3 is 0 Å². The first-order valence-electron chi connectivity index (χ1n) is 6.46. The van der Waals surface area contributed by atoms with Crippen molar-refractivity contribution in [2.24, 2.45) is 11.8 Å². The molecule has 3 N–H and O–H groups in total. The van der Waals surface area contributed by atoms with E-state index in [4.69, 9.17) is 10.6 Å². The molecule has 17 heavy (non-hydrogen) atoms. The zero-order valence-corrected chi connectivity index (χ0v) is 10.9. The number of ether oxygens (including phenoxy) is 1. The minimum Gasteiger partial charge on any atom is -0.384 e.